The van der Waals surface area contributed by atoms with Gasteiger partial charge in [-0.3, -0.25) is 9.48 Å². The van der Waals surface area contributed by atoms with Gasteiger partial charge < -0.3 is 10.6 Å². The van der Waals surface area contributed by atoms with Crippen molar-refractivity contribution in [1.29, 1.82) is 0 Å². The molecule has 2 aromatic rings. The molecule has 2 unspecified atom stereocenters. The molecule has 2 atom stereocenters. The van der Waals surface area contributed by atoms with Crippen molar-refractivity contribution in [3.8, 4) is 0 Å². The molecule has 124 valence electrons. The van der Waals surface area contributed by atoms with Crippen LogP contribution in [-0.2, 0) is 6.54 Å². The van der Waals surface area contributed by atoms with E-state index < -0.39 is 0 Å². The molecule has 1 fully saturated rings. The molecule has 1 aromatic carbocycles. The Balaban J connectivity index is 0.00000192. The SMILES string of the molecule is CC1CC(NC(=O)c2cnn(Cc3ccccc3)c2)CCN1.Cl. The van der Waals surface area contributed by atoms with Gasteiger partial charge in [-0.05, 0) is 31.9 Å². The van der Waals surface area contributed by atoms with Gasteiger partial charge >= 0.3 is 0 Å². The molecular weight excluding hydrogens is 312 g/mol. The normalized spacial score (nSPS) is 20.6. The van der Waals surface area contributed by atoms with Gasteiger partial charge in [0.15, 0.2) is 0 Å². The molecule has 1 aliphatic rings. The summed E-state index contributed by atoms with van der Waals surface area (Å²) in [7, 11) is 0. The van der Waals surface area contributed by atoms with Crippen molar-refractivity contribution in [3.05, 3.63) is 53.9 Å². The molecule has 3 rings (SSSR count). The van der Waals surface area contributed by atoms with E-state index in [0.717, 1.165) is 19.4 Å². The summed E-state index contributed by atoms with van der Waals surface area (Å²) in [5, 5.41) is 10.8. The Kier molecular flexibility index (Phi) is 6.19. The van der Waals surface area contributed by atoms with Gasteiger partial charge in [-0.15, -0.1) is 12.4 Å². The van der Waals surface area contributed by atoms with E-state index in [2.05, 4.69) is 34.8 Å². The first-order valence-corrected chi connectivity index (χ1v) is 7.81. The molecule has 0 aliphatic carbocycles. The Labute approximate surface area is 142 Å². The number of aromatic nitrogens is 2. The summed E-state index contributed by atoms with van der Waals surface area (Å²) in [5.41, 5.74) is 1.80. The van der Waals surface area contributed by atoms with E-state index in [0.29, 0.717) is 18.2 Å². The highest BCUT2D eigenvalue weighted by molar-refractivity contribution is 5.93. The van der Waals surface area contributed by atoms with Gasteiger partial charge in [0, 0.05) is 18.3 Å². The van der Waals surface area contributed by atoms with Crippen LogP contribution in [0.15, 0.2) is 42.7 Å². The second kappa shape index (κ2) is 8.13. The fourth-order valence-electron chi connectivity index (χ4n) is 2.87. The fraction of sp³-hybridized carbons (Fsp3) is 0.412. The Morgan fingerprint density at radius 1 is 1.39 bits per heavy atom. The summed E-state index contributed by atoms with van der Waals surface area (Å²) < 4.78 is 1.80. The maximum absolute atomic E-state index is 12.3. The number of piperidine rings is 1. The molecule has 1 aliphatic heterocycles. The largest absolute Gasteiger partial charge is 0.349 e. The number of nitrogens with one attached hydrogen (secondary N) is 2. The van der Waals surface area contributed by atoms with Crippen LogP contribution in [-0.4, -0.2) is 34.3 Å². The smallest absolute Gasteiger partial charge is 0.254 e. The van der Waals surface area contributed by atoms with Crippen LogP contribution < -0.4 is 10.6 Å². The van der Waals surface area contributed by atoms with Gasteiger partial charge in [0.1, 0.15) is 0 Å². The Hall–Kier alpha value is -1.85. The first kappa shape index (κ1) is 17.5. The average Bonchev–Trinajstić information content (AvgIpc) is 2.97. The standard InChI is InChI=1S/C17H22N4O.ClH/c1-13-9-16(7-8-18-13)20-17(22)15-10-19-21(12-15)11-14-5-3-2-4-6-14;/h2-6,10,12-13,16,18H,7-9,11H2,1H3,(H,20,22);1H. The van der Waals surface area contributed by atoms with E-state index in [9.17, 15) is 4.79 Å². The van der Waals surface area contributed by atoms with Crippen molar-refractivity contribution in [2.24, 2.45) is 0 Å². The number of hydrogen-bond donors (Lipinski definition) is 2. The van der Waals surface area contributed by atoms with Crippen LogP contribution in [0.25, 0.3) is 0 Å². The molecule has 6 heteroatoms. The number of halogens is 1. The number of benzene rings is 1. The molecule has 1 aromatic heterocycles. The maximum atomic E-state index is 12.3. The van der Waals surface area contributed by atoms with Gasteiger partial charge in [-0.25, -0.2) is 0 Å². The minimum atomic E-state index is -0.0292. The summed E-state index contributed by atoms with van der Waals surface area (Å²) in [6.45, 7) is 3.79. The van der Waals surface area contributed by atoms with Gasteiger partial charge in [0.05, 0.1) is 18.3 Å². The summed E-state index contributed by atoms with van der Waals surface area (Å²) in [4.78, 5) is 12.3. The van der Waals surface area contributed by atoms with Gasteiger partial charge in [-0.2, -0.15) is 5.10 Å². The molecule has 0 bridgehead atoms. The first-order chi connectivity index (χ1) is 10.7. The van der Waals surface area contributed by atoms with Crippen LogP contribution in [0.1, 0.15) is 35.7 Å². The Morgan fingerprint density at radius 2 is 2.17 bits per heavy atom. The zero-order chi connectivity index (χ0) is 15.4. The molecule has 1 amide bonds. The minimum absolute atomic E-state index is 0. The second-order valence-corrected chi connectivity index (χ2v) is 5.96. The van der Waals surface area contributed by atoms with Crippen molar-refractivity contribution in [2.75, 3.05) is 6.54 Å². The molecule has 0 saturated carbocycles. The predicted octanol–water partition coefficient (Wildman–Crippen LogP) is 2.22. The lowest BCUT2D eigenvalue weighted by Crippen LogP contribution is -2.46. The molecule has 23 heavy (non-hydrogen) atoms. The number of hydrogen-bond acceptors (Lipinski definition) is 3. The van der Waals surface area contributed by atoms with E-state index in [1.807, 2.05) is 24.4 Å². The quantitative estimate of drug-likeness (QED) is 0.901. The Morgan fingerprint density at radius 3 is 2.91 bits per heavy atom. The molecule has 1 saturated heterocycles. The van der Waals surface area contributed by atoms with Crippen LogP contribution in [0, 0.1) is 0 Å². The topological polar surface area (TPSA) is 59.0 Å². The first-order valence-electron chi connectivity index (χ1n) is 7.81. The van der Waals surface area contributed by atoms with Crippen LogP contribution >= 0.6 is 12.4 Å². The monoisotopic (exact) mass is 334 g/mol. The zero-order valence-corrected chi connectivity index (χ0v) is 14.1. The van der Waals surface area contributed by atoms with Crippen LogP contribution in [0.3, 0.4) is 0 Å². The summed E-state index contributed by atoms with van der Waals surface area (Å²) >= 11 is 0. The van der Waals surface area contributed by atoms with Crippen molar-refractivity contribution in [2.45, 2.75) is 38.4 Å². The molecule has 0 radical (unpaired) electrons. The predicted molar refractivity (Wildman–Crippen MR) is 93.0 cm³/mol. The lowest BCUT2D eigenvalue weighted by Gasteiger charge is -2.28. The molecule has 2 heterocycles. The van der Waals surface area contributed by atoms with Gasteiger partial charge in [-0.1, -0.05) is 30.3 Å². The van der Waals surface area contributed by atoms with Gasteiger partial charge in [0.25, 0.3) is 5.91 Å². The number of carbonyl (C=O) groups excluding carboxylic acids is 1. The molecule has 5 nitrogen and oxygen atoms in total. The van der Waals surface area contributed by atoms with E-state index in [1.54, 1.807) is 10.9 Å². The van der Waals surface area contributed by atoms with E-state index in [-0.39, 0.29) is 24.4 Å². The number of rotatable bonds is 4. The summed E-state index contributed by atoms with van der Waals surface area (Å²) in [6, 6.07) is 10.8. The number of amides is 1. The summed E-state index contributed by atoms with van der Waals surface area (Å²) in [6.07, 6.45) is 5.41. The van der Waals surface area contributed by atoms with Gasteiger partial charge in [0.2, 0.25) is 0 Å². The molecular formula is C17H23ClN4O. The highest BCUT2D eigenvalue weighted by atomic mass is 35.5. The molecule has 0 spiro atoms. The second-order valence-electron chi connectivity index (χ2n) is 5.96. The zero-order valence-electron chi connectivity index (χ0n) is 13.2. The van der Waals surface area contributed by atoms with Crippen molar-refractivity contribution in [3.63, 3.8) is 0 Å². The van der Waals surface area contributed by atoms with Crippen molar-refractivity contribution < 1.29 is 4.79 Å². The summed E-state index contributed by atoms with van der Waals surface area (Å²) in [5.74, 6) is -0.0292. The van der Waals surface area contributed by atoms with E-state index >= 15 is 0 Å². The van der Waals surface area contributed by atoms with E-state index in [1.165, 1.54) is 5.56 Å². The maximum Gasteiger partial charge on any atom is 0.254 e. The molecule has 2 N–H and O–H groups in total. The third-order valence-electron chi connectivity index (χ3n) is 4.04. The number of nitrogens with zero attached hydrogens (tertiary/aromatic N) is 2. The number of carbonyl (C=O) groups is 1. The lowest BCUT2D eigenvalue weighted by molar-refractivity contribution is 0.0925. The highest BCUT2D eigenvalue weighted by Gasteiger charge is 2.21. The average molecular weight is 335 g/mol. The van der Waals surface area contributed by atoms with Crippen LogP contribution in [0.2, 0.25) is 0 Å². The third kappa shape index (κ3) is 4.81. The van der Waals surface area contributed by atoms with Crippen LogP contribution in [0.4, 0.5) is 0 Å². The fourth-order valence-corrected chi connectivity index (χ4v) is 2.87. The van der Waals surface area contributed by atoms with Crippen LogP contribution in [0.5, 0.6) is 0 Å². The highest BCUT2D eigenvalue weighted by Crippen LogP contribution is 2.10. The van der Waals surface area contributed by atoms with Crippen molar-refractivity contribution >= 4 is 18.3 Å². The van der Waals surface area contributed by atoms with Crippen molar-refractivity contribution in [1.82, 2.24) is 20.4 Å². The minimum Gasteiger partial charge on any atom is -0.349 e. The Bertz CT molecular complexity index is 629. The third-order valence-corrected chi connectivity index (χ3v) is 4.04. The lowest BCUT2D eigenvalue weighted by atomic mass is 10.0. The van der Waals surface area contributed by atoms with E-state index in [4.69, 9.17) is 0 Å².